The van der Waals surface area contributed by atoms with Gasteiger partial charge in [-0.25, -0.2) is 0 Å². The van der Waals surface area contributed by atoms with Crippen LogP contribution in [0.5, 0.6) is 5.75 Å². The van der Waals surface area contributed by atoms with Crippen molar-refractivity contribution in [1.82, 2.24) is 0 Å². The number of rotatable bonds is 2. The molecule has 1 aliphatic heterocycles. The second-order valence-electron chi connectivity index (χ2n) is 3.60. The Kier molecular flexibility index (Phi) is 1.81. The Morgan fingerprint density at radius 2 is 2.15 bits per heavy atom. The summed E-state index contributed by atoms with van der Waals surface area (Å²) in [5.41, 5.74) is 1.11. The third-order valence-corrected chi connectivity index (χ3v) is 2.78. The van der Waals surface area contributed by atoms with Gasteiger partial charge in [-0.1, -0.05) is 12.1 Å². The van der Waals surface area contributed by atoms with Crippen molar-refractivity contribution in [2.75, 3.05) is 7.11 Å². The zero-order valence-electron chi connectivity index (χ0n) is 8.20. The summed E-state index contributed by atoms with van der Waals surface area (Å²) in [5, 5.41) is 0. The van der Waals surface area contributed by atoms with Crippen LogP contribution in [0.4, 0.5) is 0 Å². The van der Waals surface area contributed by atoms with Crippen LogP contribution in [0.1, 0.15) is 19.4 Å². The standard InChI is InChI=1S/C11H14O2/c1-8-11(2,13-8)9-5-4-6-10(7-9)12-3/h4-8H,1-3H3. The van der Waals surface area contributed by atoms with Gasteiger partial charge in [0.15, 0.2) is 0 Å². The molecule has 0 aliphatic carbocycles. The van der Waals surface area contributed by atoms with Gasteiger partial charge >= 0.3 is 0 Å². The molecule has 1 aromatic carbocycles. The van der Waals surface area contributed by atoms with E-state index in [0.717, 1.165) is 5.75 Å². The molecule has 0 bridgehead atoms. The molecule has 0 spiro atoms. The maximum absolute atomic E-state index is 5.53. The van der Waals surface area contributed by atoms with E-state index < -0.39 is 0 Å². The Morgan fingerprint density at radius 3 is 2.69 bits per heavy atom. The minimum absolute atomic E-state index is 0.0887. The SMILES string of the molecule is COc1cccc(C2(C)OC2C)c1. The third-order valence-electron chi connectivity index (χ3n) is 2.78. The molecule has 0 aromatic heterocycles. The first-order valence-corrected chi connectivity index (χ1v) is 4.49. The molecule has 1 aliphatic rings. The van der Waals surface area contributed by atoms with Gasteiger partial charge in [0.2, 0.25) is 0 Å². The summed E-state index contributed by atoms with van der Waals surface area (Å²) in [6.45, 7) is 4.19. The molecule has 1 fully saturated rings. The Bertz CT molecular complexity index is 322. The van der Waals surface area contributed by atoms with Crippen molar-refractivity contribution in [3.8, 4) is 5.75 Å². The molecular weight excluding hydrogens is 164 g/mol. The van der Waals surface area contributed by atoms with Crippen LogP contribution < -0.4 is 4.74 Å². The van der Waals surface area contributed by atoms with E-state index in [1.807, 2.05) is 18.2 Å². The summed E-state index contributed by atoms with van der Waals surface area (Å²) in [7, 11) is 1.68. The smallest absolute Gasteiger partial charge is 0.119 e. The van der Waals surface area contributed by atoms with Crippen LogP contribution in [0.2, 0.25) is 0 Å². The predicted molar refractivity (Wildman–Crippen MR) is 50.9 cm³/mol. The summed E-state index contributed by atoms with van der Waals surface area (Å²) in [5.74, 6) is 0.890. The van der Waals surface area contributed by atoms with Crippen molar-refractivity contribution >= 4 is 0 Å². The molecule has 0 amide bonds. The molecule has 13 heavy (non-hydrogen) atoms. The van der Waals surface area contributed by atoms with Crippen molar-refractivity contribution in [2.45, 2.75) is 25.6 Å². The third kappa shape index (κ3) is 1.31. The first-order valence-electron chi connectivity index (χ1n) is 4.49. The topological polar surface area (TPSA) is 21.8 Å². The normalized spacial score (nSPS) is 31.5. The molecule has 1 saturated heterocycles. The zero-order valence-corrected chi connectivity index (χ0v) is 8.20. The van der Waals surface area contributed by atoms with Crippen molar-refractivity contribution in [3.05, 3.63) is 29.8 Å². The summed E-state index contributed by atoms with van der Waals surface area (Å²) in [6, 6.07) is 8.04. The molecule has 2 heteroatoms. The van der Waals surface area contributed by atoms with Crippen LogP contribution in [0.25, 0.3) is 0 Å². The molecule has 2 nitrogen and oxygen atoms in total. The predicted octanol–water partition coefficient (Wildman–Crippen LogP) is 2.33. The van der Waals surface area contributed by atoms with Crippen LogP contribution in [-0.2, 0) is 10.3 Å². The van der Waals surface area contributed by atoms with Crippen molar-refractivity contribution in [3.63, 3.8) is 0 Å². The van der Waals surface area contributed by atoms with Crippen LogP contribution in [0.3, 0.4) is 0 Å². The highest BCUT2D eigenvalue weighted by Crippen LogP contribution is 2.45. The van der Waals surface area contributed by atoms with E-state index in [0.29, 0.717) is 6.10 Å². The highest BCUT2D eigenvalue weighted by atomic mass is 16.6. The van der Waals surface area contributed by atoms with Gasteiger partial charge in [0.05, 0.1) is 13.2 Å². The number of hydrogen-bond donors (Lipinski definition) is 0. The number of methoxy groups -OCH3 is 1. The average molecular weight is 178 g/mol. The number of ether oxygens (including phenoxy) is 2. The molecule has 2 atom stereocenters. The highest BCUT2D eigenvalue weighted by Gasteiger charge is 2.50. The van der Waals surface area contributed by atoms with Crippen LogP contribution >= 0.6 is 0 Å². The van der Waals surface area contributed by atoms with Crippen LogP contribution in [0, 0.1) is 0 Å². The number of epoxide rings is 1. The minimum atomic E-state index is -0.0887. The number of hydrogen-bond acceptors (Lipinski definition) is 2. The molecule has 0 N–H and O–H groups in total. The Labute approximate surface area is 78.5 Å². The lowest BCUT2D eigenvalue weighted by Gasteiger charge is -2.07. The number of benzene rings is 1. The fourth-order valence-corrected chi connectivity index (χ4v) is 1.57. The van der Waals surface area contributed by atoms with Gasteiger partial charge in [0, 0.05) is 0 Å². The van der Waals surface area contributed by atoms with Gasteiger partial charge in [-0.3, -0.25) is 0 Å². The highest BCUT2D eigenvalue weighted by molar-refractivity contribution is 5.35. The lowest BCUT2D eigenvalue weighted by molar-refractivity contribution is 0.315. The lowest BCUT2D eigenvalue weighted by atomic mass is 9.98. The van der Waals surface area contributed by atoms with Gasteiger partial charge in [-0.15, -0.1) is 0 Å². The van der Waals surface area contributed by atoms with Gasteiger partial charge in [-0.2, -0.15) is 0 Å². The van der Waals surface area contributed by atoms with Gasteiger partial charge in [0.25, 0.3) is 0 Å². The molecule has 2 unspecified atom stereocenters. The van der Waals surface area contributed by atoms with E-state index in [2.05, 4.69) is 19.9 Å². The van der Waals surface area contributed by atoms with E-state index in [-0.39, 0.29) is 5.60 Å². The Balaban J connectivity index is 2.31. The van der Waals surface area contributed by atoms with Gasteiger partial charge < -0.3 is 9.47 Å². The fourth-order valence-electron chi connectivity index (χ4n) is 1.57. The summed E-state index contributed by atoms with van der Waals surface area (Å²) < 4.78 is 10.7. The Hall–Kier alpha value is -1.02. The quantitative estimate of drug-likeness (QED) is 0.648. The average Bonchev–Trinajstić information content (AvgIpc) is 2.77. The molecular formula is C11H14O2. The van der Waals surface area contributed by atoms with Crippen molar-refractivity contribution in [1.29, 1.82) is 0 Å². The zero-order chi connectivity index (χ0) is 9.47. The van der Waals surface area contributed by atoms with E-state index in [9.17, 15) is 0 Å². The Morgan fingerprint density at radius 1 is 1.46 bits per heavy atom. The summed E-state index contributed by atoms with van der Waals surface area (Å²) >= 11 is 0. The monoisotopic (exact) mass is 178 g/mol. The maximum Gasteiger partial charge on any atom is 0.119 e. The summed E-state index contributed by atoms with van der Waals surface area (Å²) in [6.07, 6.45) is 0.319. The second kappa shape index (κ2) is 2.74. The van der Waals surface area contributed by atoms with E-state index >= 15 is 0 Å². The van der Waals surface area contributed by atoms with E-state index in [4.69, 9.17) is 9.47 Å². The van der Waals surface area contributed by atoms with E-state index in [1.165, 1.54) is 5.56 Å². The molecule has 1 heterocycles. The minimum Gasteiger partial charge on any atom is -0.497 e. The lowest BCUT2D eigenvalue weighted by Crippen LogP contribution is -2.05. The molecule has 0 radical (unpaired) electrons. The molecule has 1 aromatic rings. The first kappa shape index (κ1) is 8.57. The van der Waals surface area contributed by atoms with Gasteiger partial charge in [0.1, 0.15) is 11.4 Å². The fraction of sp³-hybridized carbons (Fsp3) is 0.455. The van der Waals surface area contributed by atoms with Crippen molar-refractivity contribution < 1.29 is 9.47 Å². The second-order valence-corrected chi connectivity index (χ2v) is 3.60. The summed E-state index contributed by atoms with van der Waals surface area (Å²) in [4.78, 5) is 0. The van der Waals surface area contributed by atoms with Crippen molar-refractivity contribution in [2.24, 2.45) is 0 Å². The maximum atomic E-state index is 5.53. The molecule has 70 valence electrons. The van der Waals surface area contributed by atoms with E-state index in [1.54, 1.807) is 7.11 Å². The molecule has 2 rings (SSSR count). The molecule has 0 saturated carbocycles. The van der Waals surface area contributed by atoms with Gasteiger partial charge in [-0.05, 0) is 31.5 Å². The first-order chi connectivity index (χ1) is 6.16. The van der Waals surface area contributed by atoms with Crippen LogP contribution in [0.15, 0.2) is 24.3 Å². The largest absolute Gasteiger partial charge is 0.497 e. The van der Waals surface area contributed by atoms with Crippen LogP contribution in [-0.4, -0.2) is 13.2 Å².